The van der Waals surface area contributed by atoms with Crippen LogP contribution in [-0.4, -0.2) is 0 Å². The maximum Gasteiger partial charge on any atom is 0.0540 e. The van der Waals surface area contributed by atoms with E-state index in [1.165, 1.54) is 86.6 Å². The summed E-state index contributed by atoms with van der Waals surface area (Å²) >= 11 is 1.88. The smallest absolute Gasteiger partial charge is 0.0540 e. The van der Waals surface area contributed by atoms with Crippen molar-refractivity contribution in [3.8, 4) is 44.5 Å². The minimum absolute atomic E-state index is 0.0920. The summed E-state index contributed by atoms with van der Waals surface area (Å²) < 4.78 is 2.64. The predicted molar refractivity (Wildman–Crippen MR) is 245 cm³/mol. The van der Waals surface area contributed by atoms with Crippen molar-refractivity contribution in [2.75, 3.05) is 4.90 Å². The number of hydrogen-bond donors (Lipinski definition) is 0. The molecule has 1 nitrogen and oxygen atoms in total. The van der Waals surface area contributed by atoms with Gasteiger partial charge < -0.3 is 4.90 Å². The van der Waals surface area contributed by atoms with Gasteiger partial charge in [-0.3, -0.25) is 0 Å². The van der Waals surface area contributed by atoms with Crippen molar-refractivity contribution in [1.29, 1.82) is 0 Å². The van der Waals surface area contributed by atoms with Gasteiger partial charge in [0.15, 0.2) is 0 Å². The van der Waals surface area contributed by atoms with Gasteiger partial charge in [-0.25, -0.2) is 0 Å². The third-order valence-electron chi connectivity index (χ3n) is 12.1. The first-order chi connectivity index (χ1) is 28.0. The van der Waals surface area contributed by atoms with Crippen molar-refractivity contribution < 1.29 is 0 Å². The fraction of sp³-hybridized carbons (Fsp3) is 0.0545. The lowest BCUT2D eigenvalue weighted by atomic mass is 9.82. The molecule has 57 heavy (non-hydrogen) atoms. The third-order valence-corrected chi connectivity index (χ3v) is 13.3. The van der Waals surface area contributed by atoms with Crippen LogP contribution in [0.3, 0.4) is 0 Å². The first-order valence-corrected chi connectivity index (χ1v) is 20.6. The predicted octanol–water partition coefficient (Wildman–Crippen LogP) is 16.0. The number of hydrogen-bond acceptors (Lipinski definition) is 2. The van der Waals surface area contributed by atoms with Crippen molar-refractivity contribution in [3.63, 3.8) is 0 Å². The molecular formula is C55H39NS. The molecule has 0 saturated carbocycles. The summed E-state index contributed by atoms with van der Waals surface area (Å²) in [4.78, 5) is 2.48. The first-order valence-electron chi connectivity index (χ1n) is 19.8. The molecule has 0 fully saturated rings. The molecule has 0 bridgehead atoms. The van der Waals surface area contributed by atoms with Gasteiger partial charge in [-0.05, 0) is 97.2 Å². The topological polar surface area (TPSA) is 3.24 Å². The molecule has 0 spiro atoms. The first kappa shape index (κ1) is 33.6. The zero-order valence-corrected chi connectivity index (χ0v) is 32.7. The van der Waals surface area contributed by atoms with Gasteiger partial charge >= 0.3 is 0 Å². The standard InChI is InChI=1S/C55H39NS/c1-55(2)49-30-8-5-25-48(49)53-46(28-15-31-50(53)55)44-23-6-9-32-51(44)56(39-20-11-18-37(34-39)42-26-13-17-36-16-3-4-22-41(36)42)40-21-12-19-38(35-40)43-27-14-29-47-45-24-7-10-33-52(45)57-54(43)47/h3-35H,1-2H3. The fourth-order valence-electron chi connectivity index (χ4n) is 9.38. The summed E-state index contributed by atoms with van der Waals surface area (Å²) in [5, 5.41) is 5.12. The molecule has 270 valence electrons. The molecule has 0 N–H and O–H groups in total. The minimum atomic E-state index is -0.0920. The van der Waals surface area contributed by atoms with Crippen molar-refractivity contribution in [3.05, 3.63) is 211 Å². The number of nitrogens with zero attached hydrogens (tertiary/aromatic N) is 1. The molecule has 0 amide bonds. The number of para-hydroxylation sites is 1. The Bertz CT molecular complexity index is 3180. The van der Waals surface area contributed by atoms with E-state index in [1.807, 2.05) is 11.3 Å². The number of fused-ring (bicyclic) bond motifs is 7. The molecular weight excluding hydrogens is 707 g/mol. The molecule has 1 aliphatic rings. The zero-order valence-electron chi connectivity index (χ0n) is 31.9. The number of thiophene rings is 1. The molecule has 11 rings (SSSR count). The van der Waals surface area contributed by atoms with Crippen LogP contribution >= 0.6 is 11.3 Å². The van der Waals surface area contributed by atoms with Gasteiger partial charge in [0, 0.05) is 42.5 Å². The molecule has 0 radical (unpaired) electrons. The lowest BCUT2D eigenvalue weighted by molar-refractivity contribution is 0.660. The van der Waals surface area contributed by atoms with Crippen LogP contribution < -0.4 is 4.90 Å². The summed E-state index contributed by atoms with van der Waals surface area (Å²) in [5.74, 6) is 0. The maximum absolute atomic E-state index is 2.48. The summed E-state index contributed by atoms with van der Waals surface area (Å²) in [6.07, 6.45) is 0. The highest BCUT2D eigenvalue weighted by atomic mass is 32.1. The molecule has 10 aromatic rings. The third kappa shape index (κ3) is 5.36. The molecule has 1 heterocycles. The molecule has 0 saturated heterocycles. The van der Waals surface area contributed by atoms with Gasteiger partial charge in [0.25, 0.3) is 0 Å². The molecule has 0 aliphatic heterocycles. The van der Waals surface area contributed by atoms with E-state index in [0.29, 0.717) is 0 Å². The molecule has 9 aromatic carbocycles. The number of anilines is 3. The van der Waals surface area contributed by atoms with Gasteiger partial charge in [0.05, 0.1) is 5.69 Å². The average molecular weight is 746 g/mol. The Morgan fingerprint density at radius 1 is 0.404 bits per heavy atom. The van der Waals surface area contributed by atoms with Gasteiger partial charge in [-0.1, -0.05) is 178 Å². The maximum atomic E-state index is 2.48. The van der Waals surface area contributed by atoms with Crippen LogP contribution in [0.1, 0.15) is 25.0 Å². The van der Waals surface area contributed by atoms with Crippen LogP contribution in [0.4, 0.5) is 17.1 Å². The van der Waals surface area contributed by atoms with E-state index in [4.69, 9.17) is 0 Å². The highest BCUT2D eigenvalue weighted by molar-refractivity contribution is 7.26. The van der Waals surface area contributed by atoms with Gasteiger partial charge in [-0.15, -0.1) is 11.3 Å². The van der Waals surface area contributed by atoms with E-state index in [0.717, 1.165) is 17.1 Å². The molecule has 1 aliphatic carbocycles. The Morgan fingerprint density at radius 3 is 1.79 bits per heavy atom. The Kier molecular flexibility index (Phi) is 7.77. The van der Waals surface area contributed by atoms with Crippen LogP contribution in [0.2, 0.25) is 0 Å². The van der Waals surface area contributed by atoms with Crippen LogP contribution in [-0.2, 0) is 5.41 Å². The summed E-state index contributed by atoms with van der Waals surface area (Å²) in [6, 6.07) is 73.9. The summed E-state index contributed by atoms with van der Waals surface area (Å²) in [7, 11) is 0. The summed E-state index contributed by atoms with van der Waals surface area (Å²) in [6.45, 7) is 4.72. The largest absolute Gasteiger partial charge is 0.310 e. The van der Waals surface area contributed by atoms with Crippen LogP contribution in [0.5, 0.6) is 0 Å². The zero-order chi connectivity index (χ0) is 38.1. The highest BCUT2D eigenvalue weighted by Crippen LogP contribution is 2.54. The Balaban J connectivity index is 1.15. The molecule has 2 heteroatoms. The minimum Gasteiger partial charge on any atom is -0.310 e. The SMILES string of the molecule is CC1(C)c2ccccc2-c2c(-c3ccccc3N(c3cccc(-c4cccc5ccccc45)c3)c3cccc(-c4cccc5c4sc4ccccc45)c3)cccc21. The van der Waals surface area contributed by atoms with Gasteiger partial charge in [-0.2, -0.15) is 0 Å². The monoisotopic (exact) mass is 745 g/mol. The lowest BCUT2D eigenvalue weighted by Crippen LogP contribution is -2.15. The second-order valence-corrected chi connectivity index (χ2v) is 16.7. The lowest BCUT2D eigenvalue weighted by Gasteiger charge is -2.29. The molecule has 1 aromatic heterocycles. The van der Waals surface area contributed by atoms with Crippen molar-refractivity contribution in [2.45, 2.75) is 19.3 Å². The van der Waals surface area contributed by atoms with Crippen molar-refractivity contribution in [2.24, 2.45) is 0 Å². The van der Waals surface area contributed by atoms with Crippen LogP contribution in [0, 0.1) is 0 Å². The second kappa shape index (κ2) is 13.2. The van der Waals surface area contributed by atoms with E-state index < -0.39 is 0 Å². The van der Waals surface area contributed by atoms with Crippen LogP contribution in [0.15, 0.2) is 200 Å². The number of rotatable bonds is 6. The van der Waals surface area contributed by atoms with E-state index >= 15 is 0 Å². The Labute approximate surface area is 337 Å². The fourth-order valence-corrected chi connectivity index (χ4v) is 10.6. The summed E-state index contributed by atoms with van der Waals surface area (Å²) in [5.41, 5.74) is 16.0. The van der Waals surface area contributed by atoms with E-state index in [2.05, 4.69) is 219 Å². The van der Waals surface area contributed by atoms with E-state index in [9.17, 15) is 0 Å². The number of benzene rings is 9. The van der Waals surface area contributed by atoms with E-state index in [1.54, 1.807) is 0 Å². The Morgan fingerprint density at radius 2 is 0.947 bits per heavy atom. The molecule has 0 unspecified atom stereocenters. The normalized spacial score (nSPS) is 12.9. The van der Waals surface area contributed by atoms with Crippen LogP contribution in [0.25, 0.3) is 75.5 Å². The highest BCUT2D eigenvalue weighted by Gasteiger charge is 2.37. The van der Waals surface area contributed by atoms with E-state index in [-0.39, 0.29) is 5.41 Å². The van der Waals surface area contributed by atoms with Gasteiger partial charge in [0.2, 0.25) is 0 Å². The second-order valence-electron chi connectivity index (χ2n) is 15.7. The van der Waals surface area contributed by atoms with Crippen molar-refractivity contribution in [1.82, 2.24) is 0 Å². The Hall–Kier alpha value is -6.74. The van der Waals surface area contributed by atoms with Gasteiger partial charge in [0.1, 0.15) is 0 Å². The van der Waals surface area contributed by atoms with Crippen molar-refractivity contribution >= 4 is 59.3 Å². The average Bonchev–Trinajstić information content (AvgIpc) is 3.76. The molecule has 0 atom stereocenters. The quantitative estimate of drug-likeness (QED) is 0.164.